The van der Waals surface area contributed by atoms with Crippen molar-refractivity contribution >= 4 is 11.7 Å². The van der Waals surface area contributed by atoms with E-state index in [0.717, 1.165) is 31.7 Å². The predicted molar refractivity (Wildman–Crippen MR) is 88.9 cm³/mol. The zero-order valence-corrected chi connectivity index (χ0v) is 14.0. The van der Waals surface area contributed by atoms with Crippen molar-refractivity contribution in [2.24, 2.45) is 11.8 Å². The van der Waals surface area contributed by atoms with Crippen LogP contribution >= 0.6 is 0 Å². The standard InChI is InChI=1S/C17H21N5O3/c1-24-15-7-12-10-22(17(23)14-8-19-25-21-14)9-11(12)6-13(15)20-16-4-2-3-5-18-16/h2-5,8,11-13,15H,6-7,9-10H2,1H3,(H,18,20)/t11-,12+,13-,15-/m1/s1. The number of carbonyl (C=O) groups excluding carboxylic acids is 1. The molecule has 1 aliphatic heterocycles. The Morgan fingerprint density at radius 1 is 1.32 bits per heavy atom. The van der Waals surface area contributed by atoms with Gasteiger partial charge in [-0.15, -0.1) is 0 Å². The number of likely N-dealkylation sites (tertiary alicyclic amines) is 1. The van der Waals surface area contributed by atoms with Crippen molar-refractivity contribution in [3.8, 4) is 0 Å². The fraction of sp³-hybridized carbons (Fsp3) is 0.529. The first kappa shape index (κ1) is 16.0. The molecule has 1 saturated carbocycles. The summed E-state index contributed by atoms with van der Waals surface area (Å²) in [5, 5.41) is 10.7. The molecule has 2 aromatic rings. The van der Waals surface area contributed by atoms with Gasteiger partial charge in [-0.3, -0.25) is 4.79 Å². The number of ether oxygens (including phenoxy) is 1. The summed E-state index contributed by atoms with van der Waals surface area (Å²) in [4.78, 5) is 18.7. The Kier molecular flexibility index (Phi) is 4.35. The van der Waals surface area contributed by atoms with Gasteiger partial charge in [-0.25, -0.2) is 9.61 Å². The first-order valence-electron chi connectivity index (χ1n) is 8.52. The normalized spacial score (nSPS) is 28.6. The molecule has 0 spiro atoms. The lowest BCUT2D eigenvalue weighted by Gasteiger charge is -2.37. The number of fused-ring (bicyclic) bond motifs is 1. The van der Waals surface area contributed by atoms with Gasteiger partial charge in [-0.05, 0) is 42.0 Å². The van der Waals surface area contributed by atoms with Crippen molar-refractivity contribution in [1.82, 2.24) is 20.2 Å². The maximum atomic E-state index is 12.5. The molecule has 1 saturated heterocycles. The zero-order chi connectivity index (χ0) is 17.2. The SMILES string of the molecule is CO[C@@H]1C[C@H]2CN(C(=O)c3cnon3)C[C@H]2C[C@H]1Nc1ccccn1. The Balaban J connectivity index is 1.44. The van der Waals surface area contributed by atoms with Crippen LogP contribution < -0.4 is 5.32 Å². The van der Waals surface area contributed by atoms with E-state index in [1.165, 1.54) is 6.20 Å². The maximum Gasteiger partial charge on any atom is 0.277 e. The molecule has 2 aromatic heterocycles. The average Bonchev–Trinajstić information content (AvgIpc) is 3.31. The molecule has 0 bridgehead atoms. The van der Waals surface area contributed by atoms with E-state index in [4.69, 9.17) is 4.74 Å². The molecule has 0 unspecified atom stereocenters. The minimum absolute atomic E-state index is 0.104. The number of pyridine rings is 1. The third kappa shape index (κ3) is 3.21. The van der Waals surface area contributed by atoms with Gasteiger partial charge in [-0.2, -0.15) is 0 Å². The molecule has 0 aromatic carbocycles. The fourth-order valence-corrected chi connectivity index (χ4v) is 4.05. The molecule has 4 atom stereocenters. The highest BCUT2D eigenvalue weighted by molar-refractivity contribution is 5.92. The third-order valence-electron chi connectivity index (χ3n) is 5.29. The second-order valence-electron chi connectivity index (χ2n) is 6.73. The molecule has 1 aliphatic carbocycles. The molecule has 2 aliphatic rings. The van der Waals surface area contributed by atoms with Crippen LogP contribution in [-0.4, -0.2) is 58.4 Å². The van der Waals surface area contributed by atoms with E-state index in [2.05, 4.69) is 25.2 Å². The molecular weight excluding hydrogens is 322 g/mol. The van der Waals surface area contributed by atoms with Gasteiger partial charge in [0.2, 0.25) is 0 Å². The van der Waals surface area contributed by atoms with E-state index in [1.807, 2.05) is 23.1 Å². The third-order valence-corrected chi connectivity index (χ3v) is 5.29. The summed E-state index contributed by atoms with van der Waals surface area (Å²) >= 11 is 0. The Hall–Kier alpha value is -2.48. The number of carbonyl (C=O) groups is 1. The van der Waals surface area contributed by atoms with Crippen LogP contribution in [0.15, 0.2) is 35.2 Å². The maximum absolute atomic E-state index is 12.5. The quantitative estimate of drug-likeness (QED) is 0.898. The summed E-state index contributed by atoms with van der Waals surface area (Å²) in [6.07, 6.45) is 5.12. The van der Waals surface area contributed by atoms with E-state index in [-0.39, 0.29) is 23.7 Å². The molecule has 2 fully saturated rings. The second kappa shape index (κ2) is 6.79. The number of methoxy groups -OCH3 is 1. The van der Waals surface area contributed by atoms with Crippen LogP contribution in [0.5, 0.6) is 0 Å². The molecule has 1 amide bonds. The monoisotopic (exact) mass is 343 g/mol. The molecule has 4 rings (SSSR count). The summed E-state index contributed by atoms with van der Waals surface area (Å²) in [6.45, 7) is 1.46. The van der Waals surface area contributed by atoms with Gasteiger partial charge in [0, 0.05) is 26.4 Å². The van der Waals surface area contributed by atoms with Gasteiger partial charge in [0.25, 0.3) is 5.91 Å². The number of hydrogen-bond acceptors (Lipinski definition) is 7. The van der Waals surface area contributed by atoms with Crippen molar-refractivity contribution < 1.29 is 14.2 Å². The topological polar surface area (TPSA) is 93.4 Å². The Morgan fingerprint density at radius 3 is 2.84 bits per heavy atom. The molecule has 8 nitrogen and oxygen atoms in total. The van der Waals surface area contributed by atoms with Crippen LogP contribution in [0.2, 0.25) is 0 Å². The van der Waals surface area contributed by atoms with Crippen LogP contribution in [0.3, 0.4) is 0 Å². The average molecular weight is 343 g/mol. The molecule has 8 heteroatoms. The van der Waals surface area contributed by atoms with Crippen LogP contribution in [0, 0.1) is 11.8 Å². The summed E-state index contributed by atoms with van der Waals surface area (Å²) in [5.41, 5.74) is 0.269. The smallest absolute Gasteiger partial charge is 0.277 e. The van der Waals surface area contributed by atoms with E-state index < -0.39 is 0 Å². The van der Waals surface area contributed by atoms with Crippen LogP contribution in [-0.2, 0) is 4.74 Å². The zero-order valence-electron chi connectivity index (χ0n) is 14.0. The predicted octanol–water partition coefficient (Wildman–Crippen LogP) is 1.44. The molecule has 1 N–H and O–H groups in total. The van der Waals surface area contributed by atoms with Crippen LogP contribution in [0.25, 0.3) is 0 Å². The number of nitrogens with one attached hydrogen (secondary N) is 1. The van der Waals surface area contributed by atoms with Gasteiger partial charge >= 0.3 is 0 Å². The van der Waals surface area contributed by atoms with Gasteiger partial charge < -0.3 is 15.0 Å². The van der Waals surface area contributed by atoms with Gasteiger partial charge in [-0.1, -0.05) is 11.2 Å². The number of hydrogen-bond donors (Lipinski definition) is 1. The van der Waals surface area contributed by atoms with Crippen molar-refractivity contribution in [2.45, 2.75) is 25.0 Å². The second-order valence-corrected chi connectivity index (χ2v) is 6.73. The first-order chi connectivity index (χ1) is 12.2. The number of nitrogens with zero attached hydrogens (tertiary/aromatic N) is 4. The molecule has 132 valence electrons. The van der Waals surface area contributed by atoms with Gasteiger partial charge in [0.05, 0.1) is 12.1 Å². The largest absolute Gasteiger partial charge is 0.379 e. The lowest BCUT2D eigenvalue weighted by molar-refractivity contribution is 0.0304. The van der Waals surface area contributed by atoms with Crippen molar-refractivity contribution in [1.29, 1.82) is 0 Å². The summed E-state index contributed by atoms with van der Waals surface area (Å²) < 4.78 is 10.3. The highest BCUT2D eigenvalue weighted by Gasteiger charge is 2.44. The molecule has 25 heavy (non-hydrogen) atoms. The number of anilines is 1. The van der Waals surface area contributed by atoms with E-state index >= 15 is 0 Å². The number of amides is 1. The number of rotatable bonds is 4. The molecular formula is C17H21N5O3. The first-order valence-corrected chi connectivity index (χ1v) is 8.52. The van der Waals surface area contributed by atoms with E-state index in [1.54, 1.807) is 13.3 Å². The van der Waals surface area contributed by atoms with Crippen molar-refractivity contribution in [3.63, 3.8) is 0 Å². The minimum Gasteiger partial charge on any atom is -0.379 e. The van der Waals surface area contributed by atoms with Gasteiger partial charge in [0.1, 0.15) is 12.0 Å². The van der Waals surface area contributed by atoms with E-state index in [9.17, 15) is 4.79 Å². The van der Waals surface area contributed by atoms with Crippen LogP contribution in [0.4, 0.5) is 5.82 Å². The molecule has 0 radical (unpaired) electrons. The Bertz CT molecular complexity index is 708. The minimum atomic E-state index is -0.112. The molecule has 3 heterocycles. The highest BCUT2D eigenvalue weighted by atomic mass is 16.6. The summed E-state index contributed by atoms with van der Waals surface area (Å²) in [6, 6.07) is 6.01. The van der Waals surface area contributed by atoms with Crippen molar-refractivity contribution in [3.05, 3.63) is 36.3 Å². The summed E-state index contributed by atoms with van der Waals surface area (Å²) in [7, 11) is 1.75. The van der Waals surface area contributed by atoms with E-state index in [0.29, 0.717) is 11.8 Å². The lowest BCUT2D eigenvalue weighted by atomic mass is 9.77. The van der Waals surface area contributed by atoms with Crippen molar-refractivity contribution in [2.75, 3.05) is 25.5 Å². The highest BCUT2D eigenvalue weighted by Crippen LogP contribution is 2.38. The van der Waals surface area contributed by atoms with Gasteiger partial charge in [0.15, 0.2) is 5.69 Å². The Labute approximate surface area is 145 Å². The fourth-order valence-electron chi connectivity index (χ4n) is 4.05. The lowest BCUT2D eigenvalue weighted by Crippen LogP contribution is -2.44. The van der Waals surface area contributed by atoms with Crippen LogP contribution in [0.1, 0.15) is 23.3 Å². The summed E-state index contributed by atoms with van der Waals surface area (Å²) in [5.74, 6) is 1.62. The Morgan fingerprint density at radius 2 is 2.16 bits per heavy atom. The number of aromatic nitrogens is 3.